The van der Waals surface area contributed by atoms with Gasteiger partial charge in [-0.15, -0.1) is 22.7 Å². The van der Waals surface area contributed by atoms with E-state index in [1.54, 1.807) is 22.7 Å². The number of fused-ring (bicyclic) bond motifs is 1. The summed E-state index contributed by atoms with van der Waals surface area (Å²) in [6.45, 7) is 2.58. The summed E-state index contributed by atoms with van der Waals surface area (Å²) in [6.07, 6.45) is 0. The third-order valence-electron chi connectivity index (χ3n) is 3.75. The zero-order valence-electron chi connectivity index (χ0n) is 12.1. The predicted molar refractivity (Wildman–Crippen MR) is 94.4 cm³/mol. The molecule has 4 aromatic rings. The summed E-state index contributed by atoms with van der Waals surface area (Å²) >= 11 is 3.36. The minimum atomic E-state index is 0.476. The Morgan fingerprint density at radius 2 is 1.95 bits per heavy atom. The summed E-state index contributed by atoms with van der Waals surface area (Å²) in [6, 6.07) is 12.7. The third-order valence-corrected chi connectivity index (χ3v) is 5.46. The maximum atomic E-state index is 6.05. The first kappa shape index (κ1) is 13.7. The van der Waals surface area contributed by atoms with E-state index < -0.39 is 0 Å². The number of thiophene rings is 1. The monoisotopic (exact) mass is 325 g/mol. The maximum absolute atomic E-state index is 6.05. The number of thiazole rings is 1. The van der Waals surface area contributed by atoms with E-state index in [4.69, 9.17) is 10.7 Å². The van der Waals surface area contributed by atoms with E-state index in [1.807, 2.05) is 0 Å². The number of nitrogens with two attached hydrogens (primary N) is 1. The minimum absolute atomic E-state index is 0.476. The van der Waals surface area contributed by atoms with Gasteiger partial charge in [0.05, 0.1) is 16.3 Å². The van der Waals surface area contributed by atoms with Crippen LogP contribution in [0.1, 0.15) is 11.3 Å². The van der Waals surface area contributed by atoms with Crippen LogP contribution < -0.4 is 5.73 Å². The van der Waals surface area contributed by atoms with E-state index in [0.29, 0.717) is 6.54 Å². The van der Waals surface area contributed by atoms with Crippen molar-refractivity contribution >= 4 is 27.6 Å². The van der Waals surface area contributed by atoms with Gasteiger partial charge in [-0.25, -0.2) is 4.98 Å². The molecule has 0 bridgehead atoms. The first-order chi connectivity index (χ1) is 10.8. The van der Waals surface area contributed by atoms with Gasteiger partial charge in [0.1, 0.15) is 5.69 Å². The molecule has 0 saturated heterocycles. The van der Waals surface area contributed by atoms with Crippen molar-refractivity contribution in [2.45, 2.75) is 13.5 Å². The van der Waals surface area contributed by atoms with Crippen LogP contribution in [0.3, 0.4) is 0 Å². The summed E-state index contributed by atoms with van der Waals surface area (Å²) in [4.78, 5) is 6.97. The fourth-order valence-electron chi connectivity index (χ4n) is 2.64. The molecule has 0 unspecified atom stereocenters. The van der Waals surface area contributed by atoms with Crippen LogP contribution in [0, 0.1) is 6.92 Å². The van der Waals surface area contributed by atoms with E-state index in [2.05, 4.69) is 58.5 Å². The summed E-state index contributed by atoms with van der Waals surface area (Å²) in [7, 11) is 0. The van der Waals surface area contributed by atoms with Gasteiger partial charge in [-0.3, -0.25) is 4.40 Å². The topological polar surface area (TPSA) is 43.3 Å². The van der Waals surface area contributed by atoms with Crippen molar-refractivity contribution in [2.24, 2.45) is 5.73 Å². The molecule has 0 saturated carbocycles. The van der Waals surface area contributed by atoms with Crippen molar-refractivity contribution < 1.29 is 0 Å². The molecule has 3 heterocycles. The van der Waals surface area contributed by atoms with E-state index in [1.165, 1.54) is 16.0 Å². The molecular formula is C17H15N3S2. The smallest absolute Gasteiger partial charge is 0.195 e. The van der Waals surface area contributed by atoms with Crippen LogP contribution in [-0.2, 0) is 6.54 Å². The zero-order chi connectivity index (χ0) is 15.1. The van der Waals surface area contributed by atoms with Gasteiger partial charge < -0.3 is 5.73 Å². The highest BCUT2D eigenvalue weighted by atomic mass is 32.1. The van der Waals surface area contributed by atoms with Gasteiger partial charge in [0, 0.05) is 11.9 Å². The van der Waals surface area contributed by atoms with Crippen molar-refractivity contribution in [1.82, 2.24) is 9.38 Å². The fourth-order valence-corrected chi connectivity index (χ4v) is 4.29. The molecule has 22 heavy (non-hydrogen) atoms. The van der Waals surface area contributed by atoms with Gasteiger partial charge in [-0.2, -0.15) is 0 Å². The summed E-state index contributed by atoms with van der Waals surface area (Å²) in [5.41, 5.74) is 11.8. The molecule has 0 atom stereocenters. The lowest BCUT2D eigenvalue weighted by atomic mass is 10.1. The lowest BCUT2D eigenvalue weighted by Gasteiger charge is -2.05. The maximum Gasteiger partial charge on any atom is 0.195 e. The van der Waals surface area contributed by atoms with Crippen molar-refractivity contribution in [1.29, 1.82) is 0 Å². The lowest BCUT2D eigenvalue weighted by molar-refractivity contribution is 0.974. The normalized spacial score (nSPS) is 11.4. The van der Waals surface area contributed by atoms with E-state index in [9.17, 15) is 0 Å². The Labute approximate surface area is 136 Å². The molecule has 1 aromatic carbocycles. The molecule has 0 aliphatic rings. The Balaban J connectivity index is 1.96. The molecule has 4 rings (SSSR count). The lowest BCUT2D eigenvalue weighted by Crippen LogP contribution is -2.02. The first-order valence-corrected chi connectivity index (χ1v) is 8.83. The Kier molecular flexibility index (Phi) is 3.33. The number of aryl methyl sites for hydroxylation is 1. The number of nitrogens with zero attached hydrogens (tertiary/aromatic N) is 2. The van der Waals surface area contributed by atoms with Crippen LogP contribution in [0.2, 0.25) is 0 Å². The van der Waals surface area contributed by atoms with Gasteiger partial charge in [0.2, 0.25) is 0 Å². The molecule has 0 aliphatic heterocycles. The second-order valence-electron chi connectivity index (χ2n) is 5.19. The molecule has 3 aromatic heterocycles. The van der Waals surface area contributed by atoms with Crippen LogP contribution in [0.25, 0.3) is 26.8 Å². The highest BCUT2D eigenvalue weighted by Crippen LogP contribution is 2.34. The Morgan fingerprint density at radius 1 is 1.14 bits per heavy atom. The van der Waals surface area contributed by atoms with Crippen LogP contribution in [0.15, 0.2) is 47.2 Å². The minimum Gasteiger partial charge on any atom is -0.325 e. The highest BCUT2D eigenvalue weighted by molar-refractivity contribution is 7.15. The average molecular weight is 325 g/mol. The van der Waals surface area contributed by atoms with Gasteiger partial charge in [0.15, 0.2) is 4.96 Å². The zero-order valence-corrected chi connectivity index (χ0v) is 13.7. The largest absolute Gasteiger partial charge is 0.325 e. The number of imidazole rings is 1. The SMILES string of the molecule is Cc1ccc(-c2csc3nc(-c4cccs4)c(CN)n23)cc1. The van der Waals surface area contributed by atoms with Crippen LogP contribution in [-0.4, -0.2) is 9.38 Å². The number of hydrogen-bond donors (Lipinski definition) is 1. The fraction of sp³-hybridized carbons (Fsp3) is 0.118. The van der Waals surface area contributed by atoms with E-state index >= 15 is 0 Å². The van der Waals surface area contributed by atoms with Gasteiger partial charge in [-0.1, -0.05) is 35.9 Å². The molecular weight excluding hydrogens is 310 g/mol. The quantitative estimate of drug-likeness (QED) is 0.600. The van der Waals surface area contributed by atoms with Crippen LogP contribution in [0.4, 0.5) is 0 Å². The van der Waals surface area contributed by atoms with Crippen molar-refractivity contribution in [3.05, 3.63) is 58.4 Å². The second kappa shape index (κ2) is 5.35. The van der Waals surface area contributed by atoms with Crippen molar-refractivity contribution in [3.63, 3.8) is 0 Å². The number of rotatable bonds is 3. The van der Waals surface area contributed by atoms with Gasteiger partial charge in [0.25, 0.3) is 0 Å². The first-order valence-electron chi connectivity index (χ1n) is 7.07. The molecule has 110 valence electrons. The number of hydrogen-bond acceptors (Lipinski definition) is 4. The number of benzene rings is 1. The van der Waals surface area contributed by atoms with Crippen molar-refractivity contribution in [3.8, 4) is 21.8 Å². The molecule has 0 amide bonds. The molecule has 0 radical (unpaired) electrons. The summed E-state index contributed by atoms with van der Waals surface area (Å²) in [5, 5.41) is 4.23. The average Bonchev–Trinajstić information content (AvgIpc) is 3.23. The Bertz CT molecular complexity index is 915. The predicted octanol–water partition coefficient (Wildman–Crippen LogP) is 4.56. The molecule has 0 spiro atoms. The van der Waals surface area contributed by atoms with E-state index in [-0.39, 0.29) is 0 Å². The molecule has 0 aliphatic carbocycles. The van der Waals surface area contributed by atoms with Crippen LogP contribution in [0.5, 0.6) is 0 Å². The standard InChI is InChI=1S/C17H15N3S2/c1-11-4-6-12(7-5-11)14-10-22-17-19-16(13(9-18)20(14)17)15-3-2-8-21-15/h2-8,10H,9,18H2,1H3. The molecule has 2 N–H and O–H groups in total. The highest BCUT2D eigenvalue weighted by Gasteiger charge is 2.18. The molecule has 0 fully saturated rings. The Hall–Kier alpha value is -1.95. The van der Waals surface area contributed by atoms with E-state index in [0.717, 1.165) is 22.0 Å². The van der Waals surface area contributed by atoms with Crippen LogP contribution >= 0.6 is 22.7 Å². The third kappa shape index (κ3) is 2.09. The Morgan fingerprint density at radius 3 is 2.64 bits per heavy atom. The molecule has 5 heteroatoms. The molecule has 3 nitrogen and oxygen atoms in total. The summed E-state index contributed by atoms with van der Waals surface area (Å²) in [5.74, 6) is 0. The second-order valence-corrected chi connectivity index (χ2v) is 6.98. The van der Waals surface area contributed by atoms with Crippen molar-refractivity contribution in [2.75, 3.05) is 0 Å². The number of aromatic nitrogens is 2. The van der Waals surface area contributed by atoms with Gasteiger partial charge >= 0.3 is 0 Å². The van der Waals surface area contributed by atoms with Gasteiger partial charge in [-0.05, 0) is 23.9 Å². The summed E-state index contributed by atoms with van der Waals surface area (Å²) < 4.78 is 2.20.